The molecule has 2 rings (SSSR count). The van der Waals surface area contributed by atoms with Crippen molar-refractivity contribution in [3.8, 4) is 0 Å². The first-order valence-corrected chi connectivity index (χ1v) is 7.04. The van der Waals surface area contributed by atoms with E-state index in [0.717, 1.165) is 10.3 Å². The van der Waals surface area contributed by atoms with Gasteiger partial charge in [0.1, 0.15) is 5.82 Å². The van der Waals surface area contributed by atoms with Crippen molar-refractivity contribution < 1.29 is 0 Å². The first-order valence-electron chi connectivity index (χ1n) is 6.25. The Hall–Kier alpha value is -0.610. The molecule has 0 saturated heterocycles. The summed E-state index contributed by atoms with van der Waals surface area (Å²) in [4.78, 5) is 4.40. The second-order valence-electron chi connectivity index (χ2n) is 4.80. The summed E-state index contributed by atoms with van der Waals surface area (Å²) in [6, 6.07) is 3.38. The van der Waals surface area contributed by atoms with Gasteiger partial charge in [0.15, 0.2) is 0 Å². The van der Waals surface area contributed by atoms with Gasteiger partial charge in [0.2, 0.25) is 0 Å². The first-order chi connectivity index (χ1) is 8.19. The molecule has 2 N–H and O–H groups in total. The molecule has 1 aliphatic rings. The van der Waals surface area contributed by atoms with Crippen molar-refractivity contribution >= 4 is 21.7 Å². The molecule has 0 radical (unpaired) electrons. The van der Waals surface area contributed by atoms with Crippen molar-refractivity contribution in [2.45, 2.75) is 44.7 Å². The zero-order chi connectivity index (χ0) is 12.3. The molecule has 1 aliphatic carbocycles. The predicted molar refractivity (Wildman–Crippen MR) is 75.4 cm³/mol. The minimum absolute atomic E-state index is 0.577. The zero-order valence-electron chi connectivity index (χ0n) is 10.5. The Labute approximate surface area is 112 Å². The van der Waals surface area contributed by atoms with Gasteiger partial charge in [0, 0.05) is 22.8 Å². The van der Waals surface area contributed by atoms with Gasteiger partial charge in [-0.15, -0.1) is 0 Å². The van der Waals surface area contributed by atoms with Crippen LogP contribution in [0.4, 0.5) is 5.82 Å². The molecule has 4 heteroatoms. The Bertz CT molecular complexity index is 373. The van der Waals surface area contributed by atoms with E-state index in [2.05, 4.69) is 51.6 Å². The van der Waals surface area contributed by atoms with Crippen molar-refractivity contribution in [2.75, 3.05) is 12.4 Å². The summed E-state index contributed by atoms with van der Waals surface area (Å²) in [6.07, 6.45) is 6.83. The molecule has 0 aliphatic heterocycles. The molecule has 0 atom stereocenters. The highest BCUT2D eigenvalue weighted by molar-refractivity contribution is 9.10. The second kappa shape index (κ2) is 5.83. The predicted octanol–water partition coefficient (Wildman–Crippen LogP) is 3.10. The summed E-state index contributed by atoms with van der Waals surface area (Å²) in [5, 5.41) is 6.89. The third-order valence-electron chi connectivity index (χ3n) is 3.53. The fourth-order valence-electron chi connectivity index (χ4n) is 2.35. The summed E-state index contributed by atoms with van der Waals surface area (Å²) in [7, 11) is 2.05. The van der Waals surface area contributed by atoms with E-state index in [9.17, 15) is 0 Å². The average molecular weight is 298 g/mol. The fraction of sp³-hybridized carbons (Fsp3) is 0.615. The van der Waals surface area contributed by atoms with Crippen molar-refractivity contribution in [3.05, 3.63) is 22.3 Å². The highest BCUT2D eigenvalue weighted by Gasteiger charge is 2.19. The minimum Gasteiger partial charge on any atom is -0.367 e. The van der Waals surface area contributed by atoms with Crippen LogP contribution in [0.2, 0.25) is 0 Å². The maximum absolute atomic E-state index is 4.40. The van der Waals surface area contributed by atoms with Crippen LogP contribution in [0.3, 0.4) is 0 Å². The Morgan fingerprint density at radius 1 is 1.24 bits per heavy atom. The molecule has 0 aromatic carbocycles. The van der Waals surface area contributed by atoms with E-state index in [1.54, 1.807) is 0 Å². The lowest BCUT2D eigenvalue weighted by Gasteiger charge is -2.29. The Balaban J connectivity index is 1.91. The van der Waals surface area contributed by atoms with E-state index in [1.165, 1.54) is 31.2 Å². The van der Waals surface area contributed by atoms with Gasteiger partial charge in [-0.25, -0.2) is 4.98 Å². The smallest absolute Gasteiger partial charge is 0.126 e. The van der Waals surface area contributed by atoms with Gasteiger partial charge in [-0.3, -0.25) is 0 Å². The summed E-state index contributed by atoms with van der Waals surface area (Å²) in [5.41, 5.74) is 1.23. The van der Waals surface area contributed by atoms with Gasteiger partial charge < -0.3 is 10.6 Å². The normalized spacial score (nSPS) is 24.6. The standard InChI is InChI=1S/C13H20BrN3/c1-9-7-13(16-8-12(9)14)17-11-5-3-10(15-2)4-6-11/h7-8,10-11,15H,3-6H2,1-2H3,(H,16,17). The van der Waals surface area contributed by atoms with Crippen LogP contribution >= 0.6 is 15.9 Å². The van der Waals surface area contributed by atoms with Crippen LogP contribution < -0.4 is 10.6 Å². The van der Waals surface area contributed by atoms with Gasteiger partial charge in [-0.05, 0) is 67.2 Å². The summed E-state index contributed by atoms with van der Waals surface area (Å²) < 4.78 is 1.07. The molecule has 1 heterocycles. The number of rotatable bonds is 3. The highest BCUT2D eigenvalue weighted by atomic mass is 79.9. The van der Waals surface area contributed by atoms with Crippen molar-refractivity contribution in [3.63, 3.8) is 0 Å². The molecule has 0 spiro atoms. The van der Waals surface area contributed by atoms with Gasteiger partial charge in [0.25, 0.3) is 0 Å². The molecule has 1 aromatic heterocycles. The van der Waals surface area contributed by atoms with E-state index in [1.807, 2.05) is 6.20 Å². The van der Waals surface area contributed by atoms with Crippen molar-refractivity contribution in [1.29, 1.82) is 0 Å². The Kier molecular flexibility index (Phi) is 4.40. The number of anilines is 1. The number of aryl methyl sites for hydroxylation is 1. The summed E-state index contributed by atoms with van der Waals surface area (Å²) in [6.45, 7) is 2.09. The maximum atomic E-state index is 4.40. The van der Waals surface area contributed by atoms with E-state index in [0.29, 0.717) is 12.1 Å². The summed E-state index contributed by atoms with van der Waals surface area (Å²) in [5.74, 6) is 0.999. The van der Waals surface area contributed by atoms with Crippen molar-refractivity contribution in [1.82, 2.24) is 10.3 Å². The van der Waals surface area contributed by atoms with E-state index < -0.39 is 0 Å². The third kappa shape index (κ3) is 3.42. The van der Waals surface area contributed by atoms with Crippen LogP contribution in [0.25, 0.3) is 0 Å². The topological polar surface area (TPSA) is 37.0 Å². The van der Waals surface area contributed by atoms with E-state index in [4.69, 9.17) is 0 Å². The monoisotopic (exact) mass is 297 g/mol. The number of aromatic nitrogens is 1. The van der Waals surface area contributed by atoms with Crippen LogP contribution in [0.5, 0.6) is 0 Å². The van der Waals surface area contributed by atoms with E-state index >= 15 is 0 Å². The second-order valence-corrected chi connectivity index (χ2v) is 5.65. The lowest BCUT2D eigenvalue weighted by Crippen LogP contribution is -2.35. The molecular weight excluding hydrogens is 278 g/mol. The van der Waals surface area contributed by atoms with Gasteiger partial charge in [-0.1, -0.05) is 0 Å². The van der Waals surface area contributed by atoms with Crippen LogP contribution in [0.1, 0.15) is 31.2 Å². The van der Waals surface area contributed by atoms with Crippen LogP contribution in [-0.4, -0.2) is 24.1 Å². The van der Waals surface area contributed by atoms with Gasteiger partial charge in [0.05, 0.1) is 0 Å². The number of halogens is 1. The zero-order valence-corrected chi connectivity index (χ0v) is 12.0. The largest absolute Gasteiger partial charge is 0.367 e. The molecule has 3 nitrogen and oxygen atoms in total. The SMILES string of the molecule is CNC1CCC(Nc2cc(C)c(Br)cn2)CC1. The van der Waals surface area contributed by atoms with Crippen LogP contribution in [0.15, 0.2) is 16.7 Å². The molecule has 0 unspecified atom stereocenters. The maximum Gasteiger partial charge on any atom is 0.126 e. The quantitative estimate of drug-likeness (QED) is 0.900. The minimum atomic E-state index is 0.577. The number of nitrogens with zero attached hydrogens (tertiary/aromatic N) is 1. The molecule has 94 valence electrons. The molecule has 1 aromatic rings. The Morgan fingerprint density at radius 2 is 1.88 bits per heavy atom. The lowest BCUT2D eigenvalue weighted by molar-refractivity contribution is 0.371. The van der Waals surface area contributed by atoms with Crippen LogP contribution in [-0.2, 0) is 0 Å². The molecule has 0 amide bonds. The number of pyridine rings is 1. The lowest BCUT2D eigenvalue weighted by atomic mass is 9.91. The first kappa shape index (κ1) is 12.8. The highest BCUT2D eigenvalue weighted by Crippen LogP contribution is 2.23. The third-order valence-corrected chi connectivity index (χ3v) is 4.36. The number of nitrogens with one attached hydrogen (secondary N) is 2. The average Bonchev–Trinajstić information content (AvgIpc) is 2.35. The number of hydrogen-bond acceptors (Lipinski definition) is 3. The van der Waals surface area contributed by atoms with Crippen LogP contribution in [0, 0.1) is 6.92 Å². The molecular formula is C13H20BrN3. The molecule has 0 bridgehead atoms. The fourth-order valence-corrected chi connectivity index (χ4v) is 2.57. The van der Waals surface area contributed by atoms with Gasteiger partial charge in [-0.2, -0.15) is 0 Å². The van der Waals surface area contributed by atoms with Gasteiger partial charge >= 0.3 is 0 Å². The molecule has 1 fully saturated rings. The molecule has 1 saturated carbocycles. The van der Waals surface area contributed by atoms with Crippen molar-refractivity contribution in [2.24, 2.45) is 0 Å². The molecule has 17 heavy (non-hydrogen) atoms. The summed E-state index contributed by atoms with van der Waals surface area (Å²) >= 11 is 3.47. The van der Waals surface area contributed by atoms with E-state index in [-0.39, 0.29) is 0 Å². The Morgan fingerprint density at radius 3 is 2.47 bits per heavy atom. The number of hydrogen-bond donors (Lipinski definition) is 2.